The van der Waals surface area contributed by atoms with E-state index in [2.05, 4.69) is 18.0 Å². The molecule has 0 saturated heterocycles. The molecule has 1 rings (SSSR count). The lowest BCUT2D eigenvalue weighted by Gasteiger charge is -1.90. The standard InChI is InChI=1S/C7H9N.C3H8O/c1-6-3-4-8-7(2)5-6;1-3(2)4/h3-5H,1-2H3;3-4H,1-2H3. The number of hydrogen-bond donors (Lipinski definition) is 1. The van der Waals surface area contributed by atoms with E-state index in [1.807, 2.05) is 19.2 Å². The molecule has 0 spiro atoms. The van der Waals surface area contributed by atoms with E-state index in [0.717, 1.165) is 5.69 Å². The van der Waals surface area contributed by atoms with Crippen molar-refractivity contribution in [1.82, 2.24) is 4.98 Å². The number of pyridine rings is 1. The molecule has 12 heavy (non-hydrogen) atoms. The summed E-state index contributed by atoms with van der Waals surface area (Å²) in [5.41, 5.74) is 2.36. The van der Waals surface area contributed by atoms with E-state index in [4.69, 9.17) is 5.11 Å². The lowest BCUT2D eigenvalue weighted by molar-refractivity contribution is 0.216. The topological polar surface area (TPSA) is 33.1 Å². The number of aliphatic hydroxyl groups excluding tert-OH is 1. The van der Waals surface area contributed by atoms with Crippen LogP contribution >= 0.6 is 0 Å². The SMILES string of the molecule is CC(C)O.Cc1ccnc(C)c1. The van der Waals surface area contributed by atoms with Gasteiger partial charge in [0.2, 0.25) is 0 Å². The van der Waals surface area contributed by atoms with Crippen LogP contribution in [0.15, 0.2) is 18.3 Å². The highest BCUT2D eigenvalue weighted by Gasteiger charge is 1.82. The summed E-state index contributed by atoms with van der Waals surface area (Å²) in [4.78, 5) is 4.04. The normalized spacial score (nSPS) is 9.17. The molecule has 1 heterocycles. The van der Waals surface area contributed by atoms with E-state index in [9.17, 15) is 0 Å². The maximum atomic E-state index is 8.06. The second-order valence-electron chi connectivity index (χ2n) is 3.07. The minimum absolute atomic E-state index is 0.167. The van der Waals surface area contributed by atoms with Gasteiger partial charge in [-0.15, -0.1) is 0 Å². The van der Waals surface area contributed by atoms with Crippen LogP contribution in [0.5, 0.6) is 0 Å². The maximum absolute atomic E-state index is 8.06. The molecule has 0 aliphatic rings. The Morgan fingerprint density at radius 3 is 2.08 bits per heavy atom. The second kappa shape index (κ2) is 5.72. The number of aliphatic hydroxyl groups is 1. The summed E-state index contributed by atoms with van der Waals surface area (Å²) in [6.07, 6.45) is 1.66. The van der Waals surface area contributed by atoms with Crippen LogP contribution in [0.3, 0.4) is 0 Å². The Balaban J connectivity index is 0.000000261. The van der Waals surface area contributed by atoms with Crippen LogP contribution in [0.1, 0.15) is 25.1 Å². The zero-order valence-electron chi connectivity index (χ0n) is 8.20. The van der Waals surface area contributed by atoms with Gasteiger partial charge in [0, 0.05) is 18.0 Å². The first kappa shape index (κ1) is 11.1. The molecule has 2 nitrogen and oxygen atoms in total. The van der Waals surface area contributed by atoms with E-state index >= 15 is 0 Å². The minimum atomic E-state index is -0.167. The number of aryl methyl sites for hydroxylation is 2. The molecule has 0 amide bonds. The molecule has 0 radical (unpaired) electrons. The summed E-state index contributed by atoms with van der Waals surface area (Å²) in [5, 5.41) is 8.06. The Bertz CT molecular complexity index is 201. The van der Waals surface area contributed by atoms with Gasteiger partial charge in [0.25, 0.3) is 0 Å². The number of nitrogens with zero attached hydrogens (tertiary/aromatic N) is 1. The smallest absolute Gasteiger partial charge is 0.0483 e. The molecule has 0 bridgehead atoms. The Hall–Kier alpha value is -0.890. The van der Waals surface area contributed by atoms with Crippen molar-refractivity contribution in [2.24, 2.45) is 0 Å². The van der Waals surface area contributed by atoms with Gasteiger partial charge < -0.3 is 5.11 Å². The van der Waals surface area contributed by atoms with E-state index in [1.54, 1.807) is 13.8 Å². The molecular weight excluding hydrogens is 150 g/mol. The van der Waals surface area contributed by atoms with Crippen LogP contribution in [0.4, 0.5) is 0 Å². The van der Waals surface area contributed by atoms with Crippen molar-refractivity contribution < 1.29 is 5.11 Å². The monoisotopic (exact) mass is 167 g/mol. The molecule has 0 atom stereocenters. The Labute approximate surface area is 74.3 Å². The molecule has 0 aliphatic carbocycles. The number of aromatic nitrogens is 1. The first-order valence-electron chi connectivity index (χ1n) is 4.09. The van der Waals surface area contributed by atoms with Crippen molar-refractivity contribution in [2.45, 2.75) is 33.8 Å². The molecule has 2 heteroatoms. The maximum Gasteiger partial charge on any atom is 0.0483 e. The van der Waals surface area contributed by atoms with Crippen molar-refractivity contribution in [2.75, 3.05) is 0 Å². The number of rotatable bonds is 0. The summed E-state index contributed by atoms with van der Waals surface area (Å²) >= 11 is 0. The molecule has 0 aliphatic heterocycles. The lowest BCUT2D eigenvalue weighted by Crippen LogP contribution is -1.85. The summed E-state index contributed by atoms with van der Waals surface area (Å²) in [7, 11) is 0. The Morgan fingerprint density at radius 2 is 1.83 bits per heavy atom. The lowest BCUT2D eigenvalue weighted by atomic mass is 10.3. The average molecular weight is 167 g/mol. The van der Waals surface area contributed by atoms with Gasteiger partial charge >= 0.3 is 0 Å². The van der Waals surface area contributed by atoms with E-state index < -0.39 is 0 Å². The highest BCUT2D eigenvalue weighted by Crippen LogP contribution is 1.95. The van der Waals surface area contributed by atoms with Crippen molar-refractivity contribution in [1.29, 1.82) is 0 Å². The summed E-state index contributed by atoms with van der Waals surface area (Å²) < 4.78 is 0. The first-order chi connectivity index (χ1) is 5.52. The van der Waals surface area contributed by atoms with Crippen molar-refractivity contribution >= 4 is 0 Å². The average Bonchev–Trinajstić information content (AvgIpc) is 1.84. The van der Waals surface area contributed by atoms with Gasteiger partial charge in [-0.2, -0.15) is 0 Å². The van der Waals surface area contributed by atoms with Crippen LogP contribution in [-0.4, -0.2) is 16.2 Å². The van der Waals surface area contributed by atoms with Crippen LogP contribution in [-0.2, 0) is 0 Å². The zero-order valence-corrected chi connectivity index (χ0v) is 8.20. The summed E-state index contributed by atoms with van der Waals surface area (Å²) in [6.45, 7) is 7.50. The highest BCUT2D eigenvalue weighted by atomic mass is 16.3. The molecule has 1 N–H and O–H groups in total. The van der Waals surface area contributed by atoms with Crippen LogP contribution in [0.25, 0.3) is 0 Å². The van der Waals surface area contributed by atoms with Gasteiger partial charge in [-0.3, -0.25) is 4.98 Å². The van der Waals surface area contributed by atoms with Gasteiger partial charge in [-0.25, -0.2) is 0 Å². The van der Waals surface area contributed by atoms with E-state index in [-0.39, 0.29) is 6.10 Å². The van der Waals surface area contributed by atoms with Gasteiger partial charge in [-0.05, 0) is 45.4 Å². The van der Waals surface area contributed by atoms with E-state index in [1.165, 1.54) is 5.56 Å². The van der Waals surface area contributed by atoms with Crippen molar-refractivity contribution in [3.63, 3.8) is 0 Å². The highest BCUT2D eigenvalue weighted by molar-refractivity contribution is 5.12. The van der Waals surface area contributed by atoms with Crippen LogP contribution < -0.4 is 0 Å². The largest absolute Gasteiger partial charge is 0.394 e. The molecule has 1 aromatic heterocycles. The number of hydrogen-bond acceptors (Lipinski definition) is 2. The third-order valence-corrected chi connectivity index (χ3v) is 1.05. The molecule has 1 aromatic rings. The molecule has 0 unspecified atom stereocenters. The fraction of sp³-hybridized carbons (Fsp3) is 0.500. The third kappa shape index (κ3) is 7.22. The molecule has 0 saturated carbocycles. The Kier molecular flexibility index (Phi) is 5.30. The predicted molar refractivity (Wildman–Crippen MR) is 51.1 cm³/mol. The molecule has 68 valence electrons. The van der Waals surface area contributed by atoms with Gasteiger partial charge in [0.1, 0.15) is 0 Å². The van der Waals surface area contributed by atoms with Crippen LogP contribution in [0, 0.1) is 13.8 Å². The second-order valence-corrected chi connectivity index (χ2v) is 3.07. The quantitative estimate of drug-likeness (QED) is 0.641. The van der Waals surface area contributed by atoms with Gasteiger partial charge in [0.05, 0.1) is 0 Å². The Morgan fingerprint density at radius 1 is 1.33 bits per heavy atom. The summed E-state index contributed by atoms with van der Waals surface area (Å²) in [6, 6.07) is 4.05. The third-order valence-electron chi connectivity index (χ3n) is 1.05. The van der Waals surface area contributed by atoms with Crippen LogP contribution in [0.2, 0.25) is 0 Å². The molecular formula is C10H17NO. The fourth-order valence-corrected chi connectivity index (χ4v) is 0.687. The molecule has 0 aromatic carbocycles. The molecule has 0 fully saturated rings. The first-order valence-corrected chi connectivity index (χ1v) is 4.09. The zero-order chi connectivity index (χ0) is 9.56. The van der Waals surface area contributed by atoms with Gasteiger partial charge in [-0.1, -0.05) is 0 Å². The van der Waals surface area contributed by atoms with Crippen molar-refractivity contribution in [3.05, 3.63) is 29.6 Å². The summed E-state index contributed by atoms with van der Waals surface area (Å²) in [5.74, 6) is 0. The predicted octanol–water partition coefficient (Wildman–Crippen LogP) is 2.09. The van der Waals surface area contributed by atoms with E-state index in [0.29, 0.717) is 0 Å². The van der Waals surface area contributed by atoms with Crippen molar-refractivity contribution in [3.8, 4) is 0 Å². The van der Waals surface area contributed by atoms with Gasteiger partial charge in [0.15, 0.2) is 0 Å². The minimum Gasteiger partial charge on any atom is -0.394 e. The fourth-order valence-electron chi connectivity index (χ4n) is 0.687.